The van der Waals surface area contributed by atoms with Gasteiger partial charge in [-0.3, -0.25) is 0 Å². The molecule has 0 bridgehead atoms. The second kappa shape index (κ2) is 23.2. The number of sulfone groups is 3. The van der Waals surface area contributed by atoms with Crippen molar-refractivity contribution in [2.75, 3.05) is 91.4 Å². The molecule has 0 radical (unpaired) electrons. The van der Waals surface area contributed by atoms with E-state index in [2.05, 4.69) is 28.5 Å². The number of likely N-dealkylation sites (tertiary alicyclic amines) is 3. The van der Waals surface area contributed by atoms with Gasteiger partial charge in [-0.1, -0.05) is 85.0 Å². The third-order valence-electron chi connectivity index (χ3n) is 11.9. The summed E-state index contributed by atoms with van der Waals surface area (Å²) in [5.41, 5.74) is 2.94. The van der Waals surface area contributed by atoms with Crippen LogP contribution in [0.15, 0.2) is 69.3 Å². The van der Waals surface area contributed by atoms with Gasteiger partial charge in [-0.2, -0.15) is 0 Å². The lowest BCUT2D eigenvalue weighted by Crippen LogP contribution is -2.35. The van der Waals surface area contributed by atoms with Gasteiger partial charge in [-0.05, 0) is 150 Å². The molecule has 10 nitrogen and oxygen atoms in total. The zero-order valence-electron chi connectivity index (χ0n) is 36.0. The molecule has 0 saturated carbocycles. The van der Waals surface area contributed by atoms with Crippen LogP contribution < -0.4 is 0 Å². The molecule has 0 spiro atoms. The van der Waals surface area contributed by atoms with E-state index in [0.29, 0.717) is 32.8 Å². The smallest absolute Gasteiger partial charge is 0.177 e. The predicted molar refractivity (Wildman–Crippen MR) is 247 cm³/mol. The lowest BCUT2D eigenvalue weighted by atomic mass is 9.89. The predicted octanol–water partition coefficient (Wildman–Crippen LogP) is 8.85. The normalized spacial score (nSPS) is 18.4. The number of rotatable bonds is 12. The van der Waals surface area contributed by atoms with E-state index in [0.717, 1.165) is 121 Å². The molecule has 3 aliphatic rings. The maximum atomic E-state index is 11.8. The third kappa shape index (κ3) is 14.4. The molecule has 336 valence electrons. The fourth-order valence-corrected chi connectivity index (χ4v) is 12.8. The molecule has 3 aromatic carbocycles. The second-order valence-corrected chi connectivity index (χ2v) is 23.3. The number of benzene rings is 3. The van der Waals surface area contributed by atoms with Crippen LogP contribution in [0.2, 0.25) is 15.1 Å². The van der Waals surface area contributed by atoms with Gasteiger partial charge >= 0.3 is 0 Å². The van der Waals surface area contributed by atoms with Gasteiger partial charge in [0.1, 0.15) is 0 Å². The fourth-order valence-electron chi connectivity index (χ4n) is 8.42. The van der Waals surface area contributed by atoms with Crippen LogP contribution in [0, 0.1) is 0 Å². The Labute approximate surface area is 375 Å². The Hall–Kier alpha value is -1.78. The summed E-state index contributed by atoms with van der Waals surface area (Å²) < 4.78 is 75.5. The first-order valence-electron chi connectivity index (χ1n) is 20.9. The van der Waals surface area contributed by atoms with Crippen LogP contribution in [0.3, 0.4) is 0 Å². The Morgan fingerprint density at radius 3 is 1.08 bits per heavy atom. The van der Waals surface area contributed by atoms with Crippen LogP contribution in [-0.2, 0) is 34.2 Å². The first kappa shape index (κ1) is 50.9. The number of hydrogen-bond acceptors (Lipinski definition) is 10. The van der Waals surface area contributed by atoms with Gasteiger partial charge in [0.25, 0.3) is 0 Å². The van der Waals surface area contributed by atoms with Gasteiger partial charge in [-0.25, -0.2) is 25.3 Å². The van der Waals surface area contributed by atoms with Crippen molar-refractivity contribution in [1.29, 1.82) is 0 Å². The standard InChI is InChI=1S/C15H22ClNO3S.C15H22ClNO2S.C14H20ClNO2S/c1-20-11-10-17-8-6-12(7-9-17)13-4-3-5-14(15(13)16)21(2,18)19;1-3-9-17-10-7-12(8-11-17)13-5-4-6-14(15(13)16)20(2,18)19;1-3-16-9-7-11(8-10-16)12-5-4-6-13(14(12)15)19(2,17)18/h3-5,12H,6-11H2,1-2H3;4-6,12H,3,7-11H2,1-2H3;4-6,11H,3,7-10H2,1-2H3. The molecule has 6 rings (SSSR count). The minimum Gasteiger partial charge on any atom is -0.383 e. The Morgan fingerprint density at radius 2 is 0.817 bits per heavy atom. The van der Waals surface area contributed by atoms with E-state index < -0.39 is 29.5 Å². The highest BCUT2D eigenvalue weighted by atomic mass is 35.5. The summed E-state index contributed by atoms with van der Waals surface area (Å²) in [5.74, 6) is 1.08. The molecule has 0 amide bonds. The molecule has 60 heavy (non-hydrogen) atoms. The van der Waals surface area contributed by atoms with Crippen LogP contribution in [0.4, 0.5) is 0 Å². The minimum atomic E-state index is -3.28. The van der Waals surface area contributed by atoms with Crippen LogP contribution in [-0.4, -0.2) is 131 Å². The minimum absolute atomic E-state index is 0.239. The van der Waals surface area contributed by atoms with Crippen molar-refractivity contribution in [2.45, 2.75) is 91.2 Å². The Balaban J connectivity index is 0.000000199. The molecule has 0 atom stereocenters. The van der Waals surface area contributed by atoms with Gasteiger partial charge in [0.05, 0.1) is 36.4 Å². The van der Waals surface area contributed by atoms with E-state index in [1.54, 1.807) is 43.5 Å². The largest absolute Gasteiger partial charge is 0.383 e. The Morgan fingerprint density at radius 1 is 0.517 bits per heavy atom. The van der Waals surface area contributed by atoms with Crippen molar-refractivity contribution in [3.8, 4) is 0 Å². The highest BCUT2D eigenvalue weighted by Gasteiger charge is 2.27. The van der Waals surface area contributed by atoms with E-state index >= 15 is 0 Å². The van der Waals surface area contributed by atoms with E-state index in [9.17, 15) is 25.3 Å². The van der Waals surface area contributed by atoms with Crippen LogP contribution in [0.1, 0.15) is 93.2 Å². The number of halogens is 3. The zero-order chi connectivity index (χ0) is 44.3. The van der Waals surface area contributed by atoms with Crippen LogP contribution in [0.25, 0.3) is 0 Å². The number of methoxy groups -OCH3 is 1. The molecule has 0 aliphatic carbocycles. The quantitative estimate of drug-likeness (QED) is 0.174. The number of ether oxygens (including phenoxy) is 1. The summed E-state index contributed by atoms with van der Waals surface area (Å²) in [6.45, 7) is 14.5. The molecule has 3 heterocycles. The van der Waals surface area contributed by atoms with Gasteiger partial charge in [-0.15, -0.1) is 0 Å². The summed E-state index contributed by atoms with van der Waals surface area (Å²) in [5, 5.41) is 1.24. The molecule has 3 aliphatic heterocycles. The first-order valence-corrected chi connectivity index (χ1v) is 27.7. The van der Waals surface area contributed by atoms with Gasteiger partial charge in [0.2, 0.25) is 0 Å². The number of nitrogens with zero attached hydrogens (tertiary/aromatic N) is 3. The van der Waals surface area contributed by atoms with Gasteiger partial charge in [0.15, 0.2) is 29.5 Å². The molecular weight excluding hydrogens is 885 g/mol. The van der Waals surface area contributed by atoms with E-state index in [4.69, 9.17) is 39.5 Å². The molecule has 0 unspecified atom stereocenters. The second-order valence-electron chi connectivity index (χ2n) is 16.2. The summed E-state index contributed by atoms with van der Waals surface area (Å²) in [4.78, 5) is 7.99. The summed E-state index contributed by atoms with van der Waals surface area (Å²) in [6, 6.07) is 16.0. The van der Waals surface area contributed by atoms with Crippen molar-refractivity contribution >= 4 is 64.3 Å². The SMILES string of the molecule is CCCN1CCC(c2cccc(S(C)(=O)=O)c2Cl)CC1.CCN1CCC(c2cccc(S(C)(=O)=O)c2Cl)CC1.COCCN1CCC(c2cccc(S(C)(=O)=O)c2Cl)CC1. The lowest BCUT2D eigenvalue weighted by Gasteiger charge is -2.32. The molecular formula is C44H64Cl3N3O7S3. The highest BCUT2D eigenvalue weighted by molar-refractivity contribution is 7.91. The molecule has 3 fully saturated rings. The number of piperidine rings is 3. The summed E-state index contributed by atoms with van der Waals surface area (Å²) >= 11 is 19.0. The summed E-state index contributed by atoms with van der Waals surface area (Å²) in [7, 11) is -8.07. The molecule has 3 saturated heterocycles. The lowest BCUT2D eigenvalue weighted by molar-refractivity contribution is 0.130. The van der Waals surface area contributed by atoms with Crippen LogP contribution >= 0.6 is 34.8 Å². The first-order chi connectivity index (χ1) is 28.3. The van der Waals surface area contributed by atoms with E-state index in [-0.39, 0.29) is 14.7 Å². The van der Waals surface area contributed by atoms with E-state index in [1.165, 1.54) is 25.2 Å². The Kier molecular flexibility index (Phi) is 19.7. The highest BCUT2D eigenvalue weighted by Crippen LogP contribution is 2.38. The maximum absolute atomic E-state index is 11.8. The van der Waals surface area contributed by atoms with Crippen molar-refractivity contribution in [3.63, 3.8) is 0 Å². The van der Waals surface area contributed by atoms with Gasteiger partial charge in [0, 0.05) is 32.4 Å². The average molecular weight is 950 g/mol. The summed E-state index contributed by atoms with van der Waals surface area (Å²) in [6.07, 6.45) is 11.0. The van der Waals surface area contributed by atoms with Crippen molar-refractivity contribution in [1.82, 2.24) is 14.7 Å². The third-order valence-corrected chi connectivity index (χ3v) is 16.9. The average Bonchev–Trinajstić information content (AvgIpc) is 3.20. The monoisotopic (exact) mass is 947 g/mol. The molecule has 16 heteroatoms. The van der Waals surface area contributed by atoms with Gasteiger partial charge < -0.3 is 19.4 Å². The zero-order valence-corrected chi connectivity index (χ0v) is 40.7. The fraction of sp³-hybridized carbons (Fsp3) is 0.591. The van der Waals surface area contributed by atoms with E-state index in [1.807, 2.05) is 18.2 Å². The van der Waals surface area contributed by atoms with Crippen molar-refractivity contribution in [3.05, 3.63) is 86.4 Å². The Bertz CT molecular complexity index is 2180. The van der Waals surface area contributed by atoms with Crippen molar-refractivity contribution < 1.29 is 30.0 Å². The number of hydrogen-bond donors (Lipinski definition) is 0. The van der Waals surface area contributed by atoms with Crippen LogP contribution in [0.5, 0.6) is 0 Å². The molecule has 3 aromatic rings. The molecule has 0 aromatic heterocycles. The van der Waals surface area contributed by atoms with Crippen molar-refractivity contribution in [2.24, 2.45) is 0 Å². The maximum Gasteiger partial charge on any atom is 0.177 e. The topological polar surface area (TPSA) is 121 Å². The molecule has 0 N–H and O–H groups in total.